The van der Waals surface area contributed by atoms with Crippen molar-refractivity contribution in [3.8, 4) is 57.1 Å². The van der Waals surface area contributed by atoms with Gasteiger partial charge in [-0.3, -0.25) is 38.4 Å². The number of benzene rings is 5. The third-order valence-corrected chi connectivity index (χ3v) is 22.5. The second-order valence-corrected chi connectivity index (χ2v) is 32.8. The Kier molecular flexibility index (Phi) is 32.5. The number of ether oxygens (including phenoxy) is 6. The number of aliphatic hydroxyl groups excluding tert-OH is 5. The summed E-state index contributed by atoms with van der Waals surface area (Å²) in [6.07, 6.45) is -7.75. The summed E-state index contributed by atoms with van der Waals surface area (Å²) in [4.78, 5) is 122. The van der Waals surface area contributed by atoms with Gasteiger partial charge >= 0.3 is 0 Å². The van der Waals surface area contributed by atoms with Gasteiger partial charge in [0.1, 0.15) is 95.5 Å². The molecule has 37 heteroatoms. The molecule has 0 aliphatic carbocycles. The fraction of sp³-hybridized carbons (Fsp3) is 0.542. The second kappa shape index (κ2) is 42.0. The van der Waals surface area contributed by atoms with Crippen molar-refractivity contribution >= 4 is 70.5 Å². The minimum absolute atomic E-state index is 0.0141. The van der Waals surface area contributed by atoms with E-state index in [1.54, 1.807) is 27.9 Å². The number of fused-ring (bicyclic) bond motifs is 15. The molecule has 11 bridgehead atoms. The van der Waals surface area contributed by atoms with Crippen LogP contribution in [-0.4, -0.2) is 232 Å². The summed E-state index contributed by atoms with van der Waals surface area (Å²) >= 11 is 14.4. The number of likely N-dealkylation sites (N-methyl/N-ethyl adjacent to an activating group) is 1. The van der Waals surface area contributed by atoms with Crippen molar-refractivity contribution in [3.05, 3.63) is 117 Å². The number of nitrogens with one attached hydrogen (secondary N) is 10. The highest BCUT2D eigenvalue weighted by Crippen LogP contribution is 2.50. The maximum Gasteiger partial charge on any atom is 0.248 e. The summed E-state index contributed by atoms with van der Waals surface area (Å²) in [5.74, 6) is -14.1. The molecule has 0 spiro atoms. The number of unbranched alkanes of at least 4 members (excludes halogenated alkanes) is 7. The lowest BCUT2D eigenvalue weighted by molar-refractivity contribution is -0.331. The van der Waals surface area contributed by atoms with Crippen LogP contribution in [0.2, 0.25) is 10.0 Å². The predicted molar refractivity (Wildman–Crippen MR) is 439 cm³/mol. The normalized spacial score (nSPS) is 26.7. The molecule has 7 heterocycles. The van der Waals surface area contributed by atoms with Crippen molar-refractivity contribution in [3.63, 3.8) is 0 Å². The van der Waals surface area contributed by atoms with Crippen LogP contribution in [0.4, 0.5) is 0 Å². The number of rotatable bonds is 30. The number of carbonyl (C=O) groups excluding carboxylic acids is 8. The van der Waals surface area contributed by atoms with Gasteiger partial charge in [-0.2, -0.15) is 0 Å². The number of hydrogen-bond donors (Lipinski definition) is 20. The van der Waals surface area contributed by atoms with E-state index in [1.807, 2.05) is 18.7 Å². The van der Waals surface area contributed by atoms with Crippen LogP contribution in [0.15, 0.2) is 78.9 Å². The monoisotopic (exact) mass is 1710 g/mol. The van der Waals surface area contributed by atoms with Crippen LogP contribution in [0.25, 0.3) is 11.1 Å². The van der Waals surface area contributed by atoms with Crippen LogP contribution in [0.3, 0.4) is 0 Å². The Hall–Kier alpha value is -9.28. The van der Waals surface area contributed by atoms with Crippen molar-refractivity contribution in [2.45, 2.75) is 221 Å². The molecule has 18 atom stereocenters. The van der Waals surface area contributed by atoms with Crippen LogP contribution < -0.4 is 78.8 Å². The molecule has 0 saturated carbocycles. The van der Waals surface area contributed by atoms with E-state index in [-0.39, 0.29) is 80.2 Å². The van der Waals surface area contributed by atoms with E-state index in [2.05, 4.69) is 60.1 Å². The molecular weight excluding hydrogens is 1600 g/mol. The van der Waals surface area contributed by atoms with Gasteiger partial charge in [-0.1, -0.05) is 107 Å². The third-order valence-electron chi connectivity index (χ3n) is 21.9. The van der Waals surface area contributed by atoms with Gasteiger partial charge in [-0.05, 0) is 156 Å². The fourth-order valence-corrected chi connectivity index (χ4v) is 15.8. The average Bonchev–Trinajstić information content (AvgIpc) is 0.766. The van der Waals surface area contributed by atoms with Gasteiger partial charge in [0.05, 0.1) is 34.7 Å². The molecule has 22 N–H and O–H groups in total. The van der Waals surface area contributed by atoms with E-state index >= 15 is 24.0 Å². The molecule has 5 aromatic carbocycles. The van der Waals surface area contributed by atoms with Crippen LogP contribution in [0.5, 0.6) is 46.0 Å². The number of phenolic OH excluding ortho intramolecular Hbond substituents is 3. The Morgan fingerprint density at radius 2 is 1.30 bits per heavy atom. The van der Waals surface area contributed by atoms with Crippen LogP contribution in [0.1, 0.15) is 170 Å². The van der Waals surface area contributed by atoms with Gasteiger partial charge in [0.2, 0.25) is 59.3 Å². The lowest BCUT2D eigenvalue weighted by Gasteiger charge is -2.48. The quantitative estimate of drug-likeness (QED) is 0.0293. The van der Waals surface area contributed by atoms with Crippen molar-refractivity contribution in [2.75, 3.05) is 60.4 Å². The summed E-state index contributed by atoms with van der Waals surface area (Å²) in [5.41, 5.74) is 8.86. The molecule has 0 aromatic heterocycles. The number of carbonyl (C=O) groups is 8. The second-order valence-electron chi connectivity index (χ2n) is 31.9. The Morgan fingerprint density at radius 1 is 0.675 bits per heavy atom. The molecule has 12 rings (SSSR count). The minimum Gasteiger partial charge on any atom is -0.508 e. The van der Waals surface area contributed by atoms with Gasteiger partial charge in [0.15, 0.2) is 23.9 Å². The number of amides is 8. The highest BCUT2D eigenvalue weighted by Gasteiger charge is 2.52. The van der Waals surface area contributed by atoms with E-state index in [4.69, 9.17) is 63.1 Å². The number of primary amides is 1. The molecule has 8 amide bonds. The van der Waals surface area contributed by atoms with Crippen LogP contribution in [-0.2, 0) is 52.6 Å². The molecule has 0 radical (unpaired) electrons. The van der Waals surface area contributed by atoms with Gasteiger partial charge in [-0.25, -0.2) is 0 Å². The first kappa shape index (κ1) is 93.0. The van der Waals surface area contributed by atoms with Gasteiger partial charge in [0, 0.05) is 55.3 Å². The number of phenols is 3. The Labute approximate surface area is 705 Å². The van der Waals surface area contributed by atoms with Gasteiger partial charge in [-0.15, -0.1) is 0 Å². The summed E-state index contributed by atoms with van der Waals surface area (Å²) in [7, 11) is 5.11. The largest absolute Gasteiger partial charge is 0.508 e. The number of aromatic hydroxyl groups is 3. The Balaban J connectivity index is 1.16. The topological polar surface area (TPSA) is 529 Å². The third kappa shape index (κ3) is 22.9. The number of hydrogen-bond acceptors (Lipinski definition) is 27. The zero-order valence-electron chi connectivity index (χ0n) is 68.3. The number of nitrogens with two attached hydrogens (primary N) is 2. The number of aliphatic hydroxyl groups is 5. The summed E-state index contributed by atoms with van der Waals surface area (Å²) in [6.45, 7) is 11.0. The van der Waals surface area contributed by atoms with Crippen LogP contribution >= 0.6 is 23.2 Å². The molecular formula is C83H113Cl2N13O22. The van der Waals surface area contributed by atoms with E-state index in [0.29, 0.717) is 26.1 Å². The zero-order valence-corrected chi connectivity index (χ0v) is 69.8. The van der Waals surface area contributed by atoms with Crippen molar-refractivity contribution in [1.29, 1.82) is 0 Å². The molecule has 0 unspecified atom stereocenters. The molecule has 2 saturated heterocycles. The predicted octanol–water partition coefficient (Wildman–Crippen LogP) is 3.42. The van der Waals surface area contributed by atoms with E-state index < -0.39 is 210 Å². The highest BCUT2D eigenvalue weighted by molar-refractivity contribution is 6.32. The van der Waals surface area contributed by atoms with E-state index in [0.717, 1.165) is 74.3 Å². The van der Waals surface area contributed by atoms with Gasteiger partial charge in [0.25, 0.3) is 0 Å². The maximum atomic E-state index is 16.4. The molecule has 7 aliphatic rings. The van der Waals surface area contributed by atoms with E-state index in [1.165, 1.54) is 69.5 Å². The standard InChI is InChI=1S/C83H113Cl2N13O22/c1-9-10-11-12-13-14-15-16-24-89-26-27-91-83(5)38-61(115-41(4)74(83)107)119-73-71(106)70(105)59(39-86)118-82(73)120-72-57-33-45-34-58(72)117-56-23-20-44(32-50(56)85)69(104)67-81(114)95-65(77(110)90-25-17-28-98(7)8)48-35-46(99)36-54(101)62(48)47-30-42(18-21-53(47)100)63(78(111)97-67)94-79(112)64(45)93-76(109)52(37-60(87)102)92-80(113)66(96-75(108)51(88-6)29-40(2)3)68(103)43-19-22-55(116-57)49(84)31-43/h18-23,30-36,40-41,51-52,59,61,63-71,73-74,82,88-89,91,99-101,103-107H,9-17,24-29,37-39,86H2,1-8H3,(H2,87,102)(H,90,110)(H,92,113)(H,93,109)(H,94,112)(H,95,114)(H,96,108)(H,97,111)/t41-,51+,52-,59+,61-,63+,64+,65-,66+,67-,68+,69+,70+,71-,73+,74+,82-,83-/m0/s1. The minimum atomic E-state index is -2.32. The molecule has 656 valence electrons. The molecule has 2 fully saturated rings. The molecule has 7 aliphatic heterocycles. The van der Waals surface area contributed by atoms with Crippen molar-refractivity contribution in [1.82, 2.24) is 58.1 Å². The maximum absolute atomic E-state index is 16.4. The SMILES string of the molecule is CCCCCCCCCCNCCN[C@@]1(C)C[C@H](O[C@H]2[C@H](Oc3c4cc5cc3Oc3ccc(cc3Cl)[C@@H](O)[C@@H](NC(=O)[C@@H](CC(C)C)NC)C(=O)N[C@@H](CC(N)=O)C(=O)N[C@H]5C(=O)N[C@H]3C(=O)N[C@H](C(=O)N[C@H](C(=O)NCCCN(C)C)c5cc(O)cc(O)c5-c5cc3ccc5O)[C@H](O)c3ccc(c(Cl)c3)O4)O[C@H](CN)[C@@H](O)[C@@H]2O)O[C@@H](C)[C@H]1O. The van der Waals surface area contributed by atoms with E-state index in [9.17, 15) is 55.2 Å². The molecule has 120 heavy (non-hydrogen) atoms. The first-order chi connectivity index (χ1) is 57.1. The summed E-state index contributed by atoms with van der Waals surface area (Å²) < 4.78 is 40.0. The highest BCUT2D eigenvalue weighted by atomic mass is 35.5. The number of nitrogens with zero attached hydrogens (tertiary/aromatic N) is 1. The smallest absolute Gasteiger partial charge is 0.248 e. The number of halogens is 2. The lowest BCUT2D eigenvalue weighted by atomic mass is 9.85. The van der Waals surface area contributed by atoms with Crippen molar-refractivity contribution in [2.24, 2.45) is 17.4 Å². The lowest BCUT2D eigenvalue weighted by Crippen LogP contribution is -2.66. The Morgan fingerprint density at radius 3 is 1.93 bits per heavy atom. The zero-order chi connectivity index (χ0) is 87.1. The first-order valence-corrected chi connectivity index (χ1v) is 41.3. The summed E-state index contributed by atoms with van der Waals surface area (Å²) in [5, 5.41) is 123. The average molecular weight is 1720 g/mol. The molecule has 5 aromatic rings. The van der Waals surface area contributed by atoms with Crippen molar-refractivity contribution < 1.29 is 108 Å². The Bertz CT molecular complexity index is 4470. The first-order valence-electron chi connectivity index (χ1n) is 40.5. The van der Waals surface area contributed by atoms with Crippen LogP contribution in [0, 0.1) is 5.92 Å². The summed E-state index contributed by atoms with van der Waals surface area (Å²) in [6, 6.07) is 0.974. The molecule has 35 nitrogen and oxygen atoms in total. The fourth-order valence-electron chi connectivity index (χ4n) is 15.3. The van der Waals surface area contributed by atoms with Gasteiger partial charge < -0.3 is 139 Å².